The lowest BCUT2D eigenvalue weighted by atomic mass is 10.1. The van der Waals surface area contributed by atoms with Gasteiger partial charge in [-0.2, -0.15) is 0 Å². The van der Waals surface area contributed by atoms with Gasteiger partial charge in [-0.25, -0.2) is 13.1 Å². The molecule has 116 valence electrons. The fraction of sp³-hybridized carbons (Fsp3) is 0.467. The summed E-state index contributed by atoms with van der Waals surface area (Å²) in [5, 5.41) is 0. The minimum atomic E-state index is -3.52. The highest BCUT2D eigenvalue weighted by Gasteiger charge is 2.16. The zero-order valence-electron chi connectivity index (χ0n) is 12.8. The Kier molecular flexibility index (Phi) is 6.85. The molecule has 5 nitrogen and oxygen atoms in total. The molecule has 0 aliphatic heterocycles. The monoisotopic (exact) mass is 309 g/mol. The smallest absolute Gasteiger partial charge is 0.240 e. The zero-order chi connectivity index (χ0) is 15.9. The van der Waals surface area contributed by atoms with Crippen molar-refractivity contribution in [2.75, 3.05) is 33.2 Å². The van der Waals surface area contributed by atoms with Crippen molar-refractivity contribution in [3.63, 3.8) is 0 Å². The van der Waals surface area contributed by atoms with E-state index in [2.05, 4.69) is 16.6 Å². The van der Waals surface area contributed by atoms with E-state index >= 15 is 0 Å². The van der Waals surface area contributed by atoms with Crippen LogP contribution in [0.2, 0.25) is 0 Å². The summed E-state index contributed by atoms with van der Waals surface area (Å²) in [6, 6.07) is 5.14. The van der Waals surface area contributed by atoms with E-state index in [4.69, 9.17) is 5.73 Å². The van der Waals surface area contributed by atoms with E-state index in [-0.39, 0.29) is 11.4 Å². The van der Waals surface area contributed by atoms with Crippen molar-refractivity contribution < 1.29 is 8.42 Å². The predicted molar refractivity (Wildman–Crippen MR) is 85.5 cm³/mol. The lowest BCUT2D eigenvalue weighted by Gasteiger charge is -2.15. The number of nitrogens with one attached hydrogen (secondary N) is 1. The van der Waals surface area contributed by atoms with E-state index in [9.17, 15) is 8.42 Å². The first-order chi connectivity index (χ1) is 9.90. The lowest BCUT2D eigenvalue weighted by molar-refractivity contribution is 0.358. The Balaban J connectivity index is 2.91. The molecular formula is C15H23N3O2S. The van der Waals surface area contributed by atoms with E-state index < -0.39 is 10.0 Å². The van der Waals surface area contributed by atoms with Crippen LogP contribution in [0.3, 0.4) is 0 Å². The quantitative estimate of drug-likeness (QED) is 0.752. The van der Waals surface area contributed by atoms with Gasteiger partial charge >= 0.3 is 0 Å². The van der Waals surface area contributed by atoms with Gasteiger partial charge in [-0.15, -0.1) is 0 Å². The first-order valence-electron chi connectivity index (χ1n) is 6.88. The molecule has 0 heterocycles. The molecule has 6 heteroatoms. The van der Waals surface area contributed by atoms with Gasteiger partial charge in [0, 0.05) is 18.7 Å². The van der Waals surface area contributed by atoms with Crippen molar-refractivity contribution in [3.8, 4) is 11.8 Å². The summed E-state index contributed by atoms with van der Waals surface area (Å²) in [5.74, 6) is 5.58. The van der Waals surface area contributed by atoms with Crippen LogP contribution in [0.1, 0.15) is 18.1 Å². The molecule has 1 rings (SSSR count). The summed E-state index contributed by atoms with van der Waals surface area (Å²) in [5.41, 5.74) is 6.68. The topological polar surface area (TPSA) is 75.4 Å². The minimum absolute atomic E-state index is 0.248. The summed E-state index contributed by atoms with van der Waals surface area (Å²) in [4.78, 5) is 2.31. The first kappa shape index (κ1) is 17.7. The van der Waals surface area contributed by atoms with Gasteiger partial charge in [0.1, 0.15) is 0 Å². The van der Waals surface area contributed by atoms with Crippen LogP contribution >= 0.6 is 0 Å². The Labute approximate surface area is 127 Å². The van der Waals surface area contributed by atoms with E-state index in [1.54, 1.807) is 25.1 Å². The van der Waals surface area contributed by atoms with Gasteiger partial charge in [0.15, 0.2) is 0 Å². The second-order valence-electron chi connectivity index (χ2n) is 4.78. The normalized spacial score (nSPS) is 11.3. The number of nitrogens with two attached hydrogens (primary N) is 1. The molecule has 0 saturated heterocycles. The average Bonchev–Trinajstić information content (AvgIpc) is 2.45. The van der Waals surface area contributed by atoms with Gasteiger partial charge in [-0.1, -0.05) is 24.8 Å². The number of benzene rings is 1. The predicted octanol–water partition coefficient (Wildman–Crippen LogP) is 0.535. The van der Waals surface area contributed by atoms with Gasteiger partial charge in [-0.3, -0.25) is 0 Å². The molecule has 0 atom stereocenters. The van der Waals surface area contributed by atoms with E-state index in [1.165, 1.54) is 0 Å². The van der Waals surface area contributed by atoms with Crippen LogP contribution in [0.15, 0.2) is 23.1 Å². The fourth-order valence-corrected chi connectivity index (χ4v) is 3.02. The molecule has 0 spiro atoms. The van der Waals surface area contributed by atoms with Crippen LogP contribution in [0.5, 0.6) is 0 Å². The van der Waals surface area contributed by atoms with E-state index in [1.807, 2.05) is 18.9 Å². The molecule has 21 heavy (non-hydrogen) atoms. The number of hydrogen-bond donors (Lipinski definition) is 2. The van der Waals surface area contributed by atoms with Crippen LogP contribution in [0.4, 0.5) is 0 Å². The third-order valence-electron chi connectivity index (χ3n) is 3.14. The van der Waals surface area contributed by atoms with E-state index in [0.717, 1.165) is 6.54 Å². The Hall–Kier alpha value is -1.39. The maximum Gasteiger partial charge on any atom is 0.240 e. The fourth-order valence-electron chi connectivity index (χ4n) is 1.73. The SMILES string of the molecule is CCN(C)CCNS(=O)(=O)c1cc(C#CCN)ccc1C. The summed E-state index contributed by atoms with van der Waals surface area (Å²) >= 11 is 0. The van der Waals surface area contributed by atoms with Crippen molar-refractivity contribution in [3.05, 3.63) is 29.3 Å². The molecule has 0 fully saturated rings. The molecule has 0 bridgehead atoms. The Morgan fingerprint density at radius 3 is 2.71 bits per heavy atom. The standard InChI is InChI=1S/C15H23N3O2S/c1-4-18(3)11-10-17-21(19,20)15-12-14(6-5-9-16)8-7-13(15)2/h7-8,12,17H,4,9-11,16H2,1-3H3. The third-order valence-corrected chi connectivity index (χ3v) is 4.74. The van der Waals surface area contributed by atoms with Crippen molar-refractivity contribution in [2.45, 2.75) is 18.7 Å². The van der Waals surface area contributed by atoms with Crippen molar-refractivity contribution >= 4 is 10.0 Å². The van der Waals surface area contributed by atoms with Crippen LogP contribution in [-0.2, 0) is 10.0 Å². The van der Waals surface area contributed by atoms with Gasteiger partial charge in [0.05, 0.1) is 11.4 Å². The number of likely N-dealkylation sites (N-methyl/N-ethyl adjacent to an activating group) is 1. The molecule has 1 aromatic carbocycles. The zero-order valence-corrected chi connectivity index (χ0v) is 13.6. The van der Waals surface area contributed by atoms with Crippen LogP contribution < -0.4 is 10.5 Å². The van der Waals surface area contributed by atoms with E-state index in [0.29, 0.717) is 24.2 Å². The van der Waals surface area contributed by atoms with Gasteiger partial charge in [-0.05, 0) is 38.2 Å². The number of rotatable bonds is 6. The van der Waals surface area contributed by atoms with Crippen LogP contribution in [0, 0.1) is 18.8 Å². The maximum atomic E-state index is 12.3. The molecule has 3 N–H and O–H groups in total. The molecule has 1 aromatic rings. The van der Waals surface area contributed by atoms with Crippen molar-refractivity contribution in [1.29, 1.82) is 0 Å². The van der Waals surface area contributed by atoms with Crippen molar-refractivity contribution in [2.24, 2.45) is 5.73 Å². The highest BCUT2D eigenvalue weighted by molar-refractivity contribution is 7.89. The maximum absolute atomic E-state index is 12.3. The average molecular weight is 309 g/mol. The summed E-state index contributed by atoms with van der Waals surface area (Å²) < 4.78 is 27.3. The molecule has 0 radical (unpaired) electrons. The summed E-state index contributed by atoms with van der Waals surface area (Å²) in [6.07, 6.45) is 0. The molecule has 0 unspecified atom stereocenters. The number of hydrogen-bond acceptors (Lipinski definition) is 4. The first-order valence-corrected chi connectivity index (χ1v) is 8.36. The molecule has 0 saturated carbocycles. The highest BCUT2D eigenvalue weighted by atomic mass is 32.2. The minimum Gasteiger partial charge on any atom is -0.320 e. The van der Waals surface area contributed by atoms with Gasteiger partial charge < -0.3 is 10.6 Å². The third kappa shape index (κ3) is 5.48. The summed E-state index contributed by atoms with van der Waals surface area (Å²) in [7, 11) is -1.57. The van der Waals surface area contributed by atoms with Crippen LogP contribution in [-0.4, -0.2) is 46.5 Å². The second-order valence-corrected chi connectivity index (χ2v) is 6.52. The molecule has 0 aliphatic rings. The number of sulfonamides is 1. The molecule has 0 aromatic heterocycles. The molecule has 0 aliphatic carbocycles. The number of nitrogens with zero attached hydrogens (tertiary/aromatic N) is 1. The Morgan fingerprint density at radius 1 is 1.38 bits per heavy atom. The lowest BCUT2D eigenvalue weighted by Crippen LogP contribution is -2.33. The molecule has 0 amide bonds. The van der Waals surface area contributed by atoms with Gasteiger partial charge in [0.2, 0.25) is 10.0 Å². The number of aryl methyl sites for hydroxylation is 1. The highest BCUT2D eigenvalue weighted by Crippen LogP contribution is 2.16. The largest absolute Gasteiger partial charge is 0.320 e. The van der Waals surface area contributed by atoms with Crippen LogP contribution in [0.25, 0.3) is 0 Å². The summed E-state index contributed by atoms with van der Waals surface area (Å²) in [6.45, 7) is 5.97. The Bertz CT molecular complexity index is 630. The Morgan fingerprint density at radius 2 is 2.10 bits per heavy atom. The molecular weight excluding hydrogens is 286 g/mol. The van der Waals surface area contributed by atoms with Gasteiger partial charge in [0.25, 0.3) is 0 Å². The van der Waals surface area contributed by atoms with Crippen molar-refractivity contribution in [1.82, 2.24) is 9.62 Å². The second kappa shape index (κ2) is 8.15.